The molecule has 0 bridgehead atoms. The summed E-state index contributed by atoms with van der Waals surface area (Å²) in [6, 6.07) is 34.3. The van der Waals surface area contributed by atoms with Crippen LogP contribution in [0.3, 0.4) is 0 Å². The highest BCUT2D eigenvalue weighted by Crippen LogP contribution is 2.42. The lowest BCUT2D eigenvalue weighted by Gasteiger charge is -2.37. The Hall–Kier alpha value is -3.10. The maximum Gasteiger partial charge on any atom is 0.0540 e. The molecule has 4 aromatic carbocycles. The Balaban J connectivity index is 1.27. The maximum absolute atomic E-state index is 2.86. The van der Waals surface area contributed by atoms with Crippen molar-refractivity contribution in [2.45, 2.75) is 161 Å². The van der Waals surface area contributed by atoms with E-state index >= 15 is 0 Å². The van der Waals surface area contributed by atoms with E-state index in [-0.39, 0.29) is 0 Å². The van der Waals surface area contributed by atoms with Crippen molar-refractivity contribution in [3.05, 3.63) is 102 Å². The fourth-order valence-corrected chi connectivity index (χ4v) is 8.23. The predicted octanol–water partition coefficient (Wildman–Crippen LogP) is 14.8. The van der Waals surface area contributed by atoms with Crippen LogP contribution < -0.4 is 4.90 Å². The molecule has 0 fully saturated rings. The van der Waals surface area contributed by atoms with Crippen LogP contribution in [0.2, 0.25) is 0 Å². The van der Waals surface area contributed by atoms with Gasteiger partial charge >= 0.3 is 0 Å². The Labute approximate surface area is 300 Å². The van der Waals surface area contributed by atoms with Crippen molar-refractivity contribution in [2.75, 3.05) is 4.90 Å². The monoisotopic (exact) mass is 659 g/mol. The van der Waals surface area contributed by atoms with Crippen molar-refractivity contribution in [3.8, 4) is 0 Å². The first-order valence-electron chi connectivity index (χ1n) is 20.5. The number of para-hydroxylation sites is 2. The second-order valence-corrected chi connectivity index (χ2v) is 14.9. The first kappa shape index (κ1) is 37.2. The molecule has 0 unspecified atom stereocenters. The third-order valence-electron chi connectivity index (χ3n) is 11.0. The largest absolute Gasteiger partial charge is 0.310 e. The normalized spacial score (nSPS) is 13.0. The quantitative estimate of drug-likeness (QED) is 0.0691. The highest BCUT2D eigenvalue weighted by molar-refractivity contribution is 6.02. The average molecular weight is 659 g/mol. The number of rotatable bonds is 24. The lowest BCUT2D eigenvalue weighted by Crippen LogP contribution is -2.36. The van der Waals surface area contributed by atoms with Crippen LogP contribution in [0.25, 0.3) is 10.8 Å². The molecule has 0 aromatic heterocycles. The van der Waals surface area contributed by atoms with E-state index in [1.54, 1.807) is 0 Å². The van der Waals surface area contributed by atoms with Gasteiger partial charge in [-0.25, -0.2) is 0 Å². The van der Waals surface area contributed by atoms with Gasteiger partial charge in [0.15, 0.2) is 0 Å². The zero-order chi connectivity index (χ0) is 33.9. The van der Waals surface area contributed by atoms with Gasteiger partial charge in [-0.15, -0.1) is 0 Å². The summed E-state index contributed by atoms with van der Waals surface area (Å²) >= 11 is 0. The summed E-state index contributed by atoms with van der Waals surface area (Å²) in [6.07, 6.45) is 28.1. The molecule has 0 radical (unpaired) electrons. The Kier molecular flexibility index (Phi) is 16.1. The molecule has 1 heterocycles. The highest BCUT2D eigenvalue weighted by Gasteiger charge is 2.26. The maximum atomic E-state index is 2.86. The van der Waals surface area contributed by atoms with E-state index in [4.69, 9.17) is 0 Å². The van der Waals surface area contributed by atoms with Gasteiger partial charge in [0.05, 0.1) is 5.69 Å². The van der Waals surface area contributed by atoms with Crippen molar-refractivity contribution >= 4 is 27.8 Å². The number of hydrogen-bond acceptors (Lipinski definition) is 2. The average Bonchev–Trinajstić information content (AvgIpc) is 3.14. The topological polar surface area (TPSA) is 6.48 Å². The molecule has 0 saturated heterocycles. The first-order chi connectivity index (χ1) is 24.3. The van der Waals surface area contributed by atoms with Gasteiger partial charge < -0.3 is 4.90 Å². The second kappa shape index (κ2) is 21.2. The molecule has 4 aromatic rings. The van der Waals surface area contributed by atoms with E-state index in [1.165, 1.54) is 167 Å². The zero-order valence-electron chi connectivity index (χ0n) is 31.2. The molecule has 49 heavy (non-hydrogen) atoms. The Morgan fingerprint density at radius 2 is 0.918 bits per heavy atom. The Morgan fingerprint density at radius 1 is 0.469 bits per heavy atom. The predicted molar refractivity (Wildman–Crippen MR) is 215 cm³/mol. The minimum Gasteiger partial charge on any atom is -0.310 e. The highest BCUT2D eigenvalue weighted by atomic mass is 15.2. The molecule has 0 N–H and O–H groups in total. The number of nitrogens with zero attached hydrogens (tertiary/aromatic N) is 2. The van der Waals surface area contributed by atoms with Crippen molar-refractivity contribution in [1.82, 2.24) is 4.90 Å². The summed E-state index contributed by atoms with van der Waals surface area (Å²) in [4.78, 5) is 5.30. The van der Waals surface area contributed by atoms with Gasteiger partial charge in [0, 0.05) is 35.9 Å². The number of unbranched alkanes of at least 4 members (excludes halogenated alkanes) is 16. The minimum atomic E-state index is 0.683. The van der Waals surface area contributed by atoms with Gasteiger partial charge in [0.25, 0.3) is 0 Å². The Morgan fingerprint density at radius 3 is 1.41 bits per heavy atom. The van der Waals surface area contributed by atoms with Crippen molar-refractivity contribution in [1.29, 1.82) is 0 Å². The van der Waals surface area contributed by atoms with Crippen molar-refractivity contribution in [2.24, 2.45) is 0 Å². The van der Waals surface area contributed by atoms with Gasteiger partial charge in [0.1, 0.15) is 0 Å². The van der Waals surface area contributed by atoms with E-state index in [0.29, 0.717) is 6.04 Å². The summed E-state index contributed by atoms with van der Waals surface area (Å²) in [6.45, 7) is 6.78. The summed E-state index contributed by atoms with van der Waals surface area (Å²) in [5, 5.41) is 2.86. The van der Waals surface area contributed by atoms with Crippen LogP contribution in [-0.4, -0.2) is 10.9 Å². The van der Waals surface area contributed by atoms with Gasteiger partial charge in [-0.2, -0.15) is 0 Å². The van der Waals surface area contributed by atoms with Crippen LogP contribution in [-0.2, 0) is 13.1 Å². The molecule has 264 valence electrons. The van der Waals surface area contributed by atoms with Crippen LogP contribution in [0.1, 0.15) is 153 Å². The molecule has 5 rings (SSSR count). The SMILES string of the molecule is CCCCCCCCCCCC(CCCCCCCCCCC)N1Cc2cccc3c(N(c4ccccc4)c4ccccc4)ccc(c23)C1. The Bertz CT molecular complexity index is 1390. The molecule has 0 spiro atoms. The zero-order valence-corrected chi connectivity index (χ0v) is 31.2. The van der Waals surface area contributed by atoms with Crippen LogP contribution in [0.4, 0.5) is 17.1 Å². The van der Waals surface area contributed by atoms with Crippen LogP contribution in [0.5, 0.6) is 0 Å². The molecule has 1 aliphatic rings. The number of hydrogen-bond donors (Lipinski definition) is 0. The lowest BCUT2D eigenvalue weighted by atomic mass is 9.91. The standard InChI is InChI=1S/C47H66N2/c1-3-5-7-9-11-13-15-17-21-29-42(30-22-18-16-14-12-10-8-6-4-2)48-38-40-28-27-35-45-46(37-36-41(39-48)47(40)45)49(43-31-23-19-24-32-43)44-33-25-20-26-34-44/h19-20,23-28,31-37,42H,3-18,21-22,29-30,38-39H2,1-2H3. The number of anilines is 3. The fraction of sp³-hybridized carbons (Fsp3) is 0.532. The van der Waals surface area contributed by atoms with E-state index < -0.39 is 0 Å². The molecule has 0 aliphatic carbocycles. The smallest absolute Gasteiger partial charge is 0.0540 e. The summed E-state index contributed by atoms with van der Waals surface area (Å²) in [5.74, 6) is 0. The second-order valence-electron chi connectivity index (χ2n) is 14.9. The molecule has 0 atom stereocenters. The third-order valence-corrected chi connectivity index (χ3v) is 11.0. The molecular weight excluding hydrogens is 593 g/mol. The third kappa shape index (κ3) is 11.2. The molecule has 2 heteroatoms. The van der Waals surface area contributed by atoms with Gasteiger partial charge in [-0.3, -0.25) is 4.90 Å². The van der Waals surface area contributed by atoms with E-state index in [2.05, 4.69) is 115 Å². The first-order valence-corrected chi connectivity index (χ1v) is 20.5. The summed E-state index contributed by atoms with van der Waals surface area (Å²) in [7, 11) is 0. The van der Waals surface area contributed by atoms with Crippen LogP contribution >= 0.6 is 0 Å². The molecule has 0 saturated carbocycles. The van der Waals surface area contributed by atoms with E-state index in [9.17, 15) is 0 Å². The fourth-order valence-electron chi connectivity index (χ4n) is 8.23. The molecular formula is C47H66N2. The van der Waals surface area contributed by atoms with E-state index in [0.717, 1.165) is 13.1 Å². The van der Waals surface area contributed by atoms with E-state index in [1.807, 2.05) is 0 Å². The lowest BCUT2D eigenvalue weighted by molar-refractivity contribution is 0.150. The number of benzene rings is 4. The molecule has 2 nitrogen and oxygen atoms in total. The van der Waals surface area contributed by atoms with Crippen LogP contribution in [0, 0.1) is 0 Å². The summed E-state index contributed by atoms with van der Waals surface area (Å²) in [5.41, 5.74) is 6.69. The van der Waals surface area contributed by atoms with Crippen molar-refractivity contribution < 1.29 is 0 Å². The van der Waals surface area contributed by atoms with Crippen LogP contribution in [0.15, 0.2) is 91.0 Å². The van der Waals surface area contributed by atoms with Crippen molar-refractivity contribution in [3.63, 3.8) is 0 Å². The van der Waals surface area contributed by atoms with Gasteiger partial charge in [-0.1, -0.05) is 190 Å². The molecule has 1 aliphatic heterocycles. The summed E-state index contributed by atoms with van der Waals surface area (Å²) < 4.78 is 0. The minimum absolute atomic E-state index is 0.683. The molecule has 0 amide bonds. The van der Waals surface area contributed by atoms with Gasteiger partial charge in [-0.05, 0) is 59.7 Å². The van der Waals surface area contributed by atoms with Gasteiger partial charge in [0.2, 0.25) is 0 Å².